The highest BCUT2D eigenvalue weighted by Crippen LogP contribution is 2.24. The van der Waals surface area contributed by atoms with E-state index in [2.05, 4.69) is 40.8 Å². The van der Waals surface area contributed by atoms with Crippen LogP contribution >= 0.6 is 0 Å². The van der Waals surface area contributed by atoms with Crippen LogP contribution in [0.1, 0.15) is 40.7 Å². The summed E-state index contributed by atoms with van der Waals surface area (Å²) in [6.45, 7) is 8.23. The van der Waals surface area contributed by atoms with Crippen molar-refractivity contribution >= 4 is 5.78 Å². The molecule has 2 aromatic rings. The zero-order valence-electron chi connectivity index (χ0n) is 13.4. The molecule has 114 valence electrons. The fourth-order valence-electron chi connectivity index (χ4n) is 2.97. The predicted molar refractivity (Wildman–Crippen MR) is 86.8 cm³/mol. The van der Waals surface area contributed by atoms with Crippen LogP contribution in [0.4, 0.5) is 0 Å². The molecule has 0 saturated carbocycles. The number of fused-ring (bicyclic) bond motifs is 1. The standard InChI is InChI=1S/C18H21N3O/c1-4-9-21-10-15-17(16(22)11-21)13(3)19-18(20-15)14-7-5-12(2)6-8-14/h5-8H,4,9-11H2,1-3H3. The van der Waals surface area contributed by atoms with Crippen LogP contribution in [0.3, 0.4) is 0 Å². The van der Waals surface area contributed by atoms with Crippen molar-refractivity contribution < 1.29 is 4.79 Å². The van der Waals surface area contributed by atoms with Gasteiger partial charge in [0.25, 0.3) is 0 Å². The molecule has 0 fully saturated rings. The average Bonchev–Trinajstić information content (AvgIpc) is 2.47. The van der Waals surface area contributed by atoms with Crippen molar-refractivity contribution in [2.24, 2.45) is 0 Å². The molecule has 4 nitrogen and oxygen atoms in total. The lowest BCUT2D eigenvalue weighted by atomic mass is 10.0. The Morgan fingerprint density at radius 1 is 1.09 bits per heavy atom. The van der Waals surface area contributed by atoms with E-state index in [9.17, 15) is 4.79 Å². The van der Waals surface area contributed by atoms with Crippen molar-refractivity contribution in [3.8, 4) is 11.4 Å². The molecule has 2 heterocycles. The molecule has 0 atom stereocenters. The molecule has 22 heavy (non-hydrogen) atoms. The number of hydrogen-bond donors (Lipinski definition) is 0. The lowest BCUT2D eigenvalue weighted by Gasteiger charge is -2.27. The molecule has 1 aromatic heterocycles. The van der Waals surface area contributed by atoms with Crippen LogP contribution in [0.15, 0.2) is 24.3 Å². The van der Waals surface area contributed by atoms with Crippen molar-refractivity contribution in [3.63, 3.8) is 0 Å². The Kier molecular flexibility index (Phi) is 4.03. The SMILES string of the molecule is CCCN1CC(=O)c2c(C)nc(-c3ccc(C)cc3)nc2C1. The number of ketones is 1. The van der Waals surface area contributed by atoms with Gasteiger partial charge >= 0.3 is 0 Å². The summed E-state index contributed by atoms with van der Waals surface area (Å²) in [5, 5.41) is 0. The van der Waals surface area contributed by atoms with Crippen molar-refractivity contribution in [2.45, 2.75) is 33.7 Å². The van der Waals surface area contributed by atoms with E-state index < -0.39 is 0 Å². The third-order valence-electron chi connectivity index (χ3n) is 4.03. The van der Waals surface area contributed by atoms with Crippen molar-refractivity contribution in [3.05, 3.63) is 46.8 Å². The number of nitrogens with zero attached hydrogens (tertiary/aromatic N) is 3. The number of carbonyl (C=O) groups is 1. The van der Waals surface area contributed by atoms with Crippen LogP contribution in [-0.4, -0.2) is 33.7 Å². The Hall–Kier alpha value is -2.07. The number of aryl methyl sites for hydroxylation is 2. The fourth-order valence-corrected chi connectivity index (χ4v) is 2.97. The number of aromatic nitrogens is 2. The highest BCUT2D eigenvalue weighted by Gasteiger charge is 2.27. The van der Waals surface area contributed by atoms with Gasteiger partial charge in [-0.05, 0) is 26.8 Å². The van der Waals surface area contributed by atoms with Crippen molar-refractivity contribution in [1.29, 1.82) is 0 Å². The van der Waals surface area contributed by atoms with E-state index in [0.717, 1.165) is 42.0 Å². The van der Waals surface area contributed by atoms with Gasteiger partial charge in [0.2, 0.25) is 0 Å². The minimum absolute atomic E-state index is 0.141. The molecule has 0 bridgehead atoms. The first-order chi connectivity index (χ1) is 10.6. The molecule has 1 aliphatic rings. The lowest BCUT2D eigenvalue weighted by Crippen LogP contribution is -2.37. The molecule has 4 heteroatoms. The second-order valence-corrected chi connectivity index (χ2v) is 5.95. The van der Waals surface area contributed by atoms with Crippen LogP contribution in [0, 0.1) is 13.8 Å². The van der Waals surface area contributed by atoms with Gasteiger partial charge in [0.15, 0.2) is 11.6 Å². The second-order valence-electron chi connectivity index (χ2n) is 5.95. The zero-order chi connectivity index (χ0) is 15.7. The number of benzene rings is 1. The van der Waals surface area contributed by atoms with E-state index in [0.29, 0.717) is 12.4 Å². The summed E-state index contributed by atoms with van der Waals surface area (Å²) in [6.07, 6.45) is 1.04. The van der Waals surface area contributed by atoms with Gasteiger partial charge in [-0.25, -0.2) is 9.97 Å². The maximum Gasteiger partial charge on any atom is 0.180 e. The number of hydrogen-bond acceptors (Lipinski definition) is 4. The minimum Gasteiger partial charge on any atom is -0.293 e. The first kappa shape index (κ1) is 14.9. The largest absolute Gasteiger partial charge is 0.293 e. The van der Waals surface area contributed by atoms with Gasteiger partial charge in [0.1, 0.15) is 0 Å². The van der Waals surface area contributed by atoms with E-state index in [-0.39, 0.29) is 5.78 Å². The van der Waals surface area contributed by atoms with E-state index in [1.54, 1.807) is 0 Å². The molecular weight excluding hydrogens is 274 g/mol. The summed E-state index contributed by atoms with van der Waals surface area (Å²) in [5.74, 6) is 0.852. The Bertz CT molecular complexity index is 707. The average molecular weight is 295 g/mol. The monoisotopic (exact) mass is 295 g/mol. The van der Waals surface area contributed by atoms with Crippen molar-refractivity contribution in [1.82, 2.24) is 14.9 Å². The Morgan fingerprint density at radius 2 is 1.82 bits per heavy atom. The van der Waals surface area contributed by atoms with E-state index >= 15 is 0 Å². The molecule has 3 rings (SSSR count). The van der Waals surface area contributed by atoms with Crippen LogP contribution in [0.2, 0.25) is 0 Å². The van der Waals surface area contributed by atoms with E-state index in [1.165, 1.54) is 5.56 Å². The second kappa shape index (κ2) is 5.97. The zero-order valence-corrected chi connectivity index (χ0v) is 13.4. The molecule has 1 aliphatic heterocycles. The number of rotatable bonds is 3. The normalized spacial score (nSPS) is 15.0. The summed E-state index contributed by atoms with van der Waals surface area (Å²) >= 11 is 0. The van der Waals surface area contributed by atoms with E-state index in [4.69, 9.17) is 0 Å². The molecule has 0 radical (unpaired) electrons. The topological polar surface area (TPSA) is 46.1 Å². The first-order valence-electron chi connectivity index (χ1n) is 7.78. The fraction of sp³-hybridized carbons (Fsp3) is 0.389. The summed E-state index contributed by atoms with van der Waals surface area (Å²) in [5.41, 5.74) is 4.59. The molecule has 0 amide bonds. The van der Waals surface area contributed by atoms with Crippen LogP contribution < -0.4 is 0 Å². The van der Waals surface area contributed by atoms with E-state index in [1.807, 2.05) is 19.1 Å². The Balaban J connectivity index is 2.03. The Labute approximate surface area is 131 Å². The molecule has 0 saturated heterocycles. The molecule has 0 aliphatic carbocycles. The third kappa shape index (κ3) is 2.79. The van der Waals surface area contributed by atoms with Crippen LogP contribution in [0.25, 0.3) is 11.4 Å². The molecule has 0 N–H and O–H groups in total. The maximum atomic E-state index is 12.4. The number of Topliss-reactive ketones (excluding diaryl/α,β-unsaturated/α-hetero) is 1. The van der Waals surface area contributed by atoms with Crippen molar-refractivity contribution in [2.75, 3.05) is 13.1 Å². The quantitative estimate of drug-likeness (QED) is 0.872. The maximum absolute atomic E-state index is 12.4. The van der Waals surface area contributed by atoms with Gasteiger partial charge in [-0.2, -0.15) is 0 Å². The minimum atomic E-state index is 0.141. The summed E-state index contributed by atoms with van der Waals surface area (Å²) in [4.78, 5) is 23.8. The van der Waals surface area contributed by atoms with Gasteiger partial charge in [-0.15, -0.1) is 0 Å². The first-order valence-corrected chi connectivity index (χ1v) is 7.78. The lowest BCUT2D eigenvalue weighted by molar-refractivity contribution is 0.0897. The summed E-state index contributed by atoms with van der Waals surface area (Å²) < 4.78 is 0. The predicted octanol–water partition coefficient (Wildman–Crippen LogP) is 3.17. The highest BCUT2D eigenvalue weighted by molar-refractivity contribution is 6.00. The van der Waals surface area contributed by atoms with Gasteiger partial charge in [0.05, 0.1) is 23.5 Å². The highest BCUT2D eigenvalue weighted by atomic mass is 16.1. The smallest absolute Gasteiger partial charge is 0.180 e. The molecular formula is C18H21N3O. The number of carbonyl (C=O) groups excluding carboxylic acids is 1. The Morgan fingerprint density at radius 3 is 2.50 bits per heavy atom. The molecule has 1 aromatic carbocycles. The van der Waals surface area contributed by atoms with Crippen LogP contribution in [-0.2, 0) is 6.54 Å². The molecule has 0 spiro atoms. The third-order valence-corrected chi connectivity index (χ3v) is 4.03. The van der Waals surface area contributed by atoms with Gasteiger partial charge in [0, 0.05) is 12.1 Å². The summed E-state index contributed by atoms with van der Waals surface area (Å²) in [6, 6.07) is 8.18. The van der Waals surface area contributed by atoms with Crippen LogP contribution in [0.5, 0.6) is 0 Å². The van der Waals surface area contributed by atoms with Gasteiger partial charge in [-0.1, -0.05) is 36.8 Å². The van der Waals surface area contributed by atoms with Gasteiger partial charge < -0.3 is 0 Å². The molecule has 0 unspecified atom stereocenters. The summed E-state index contributed by atoms with van der Waals surface area (Å²) in [7, 11) is 0. The van der Waals surface area contributed by atoms with Gasteiger partial charge in [-0.3, -0.25) is 9.69 Å².